The summed E-state index contributed by atoms with van der Waals surface area (Å²) in [5.74, 6) is 0.327. The molecule has 2 aromatic carbocycles. The standard InChI is InChI=1S/C17H20N2O4S/c1-13-5-3-4-6-16(13)19-17(20)11-12-18-24(21,22)15-9-7-14(23-2)8-10-15/h3-10,18H,11-12H2,1-2H3,(H,19,20). The summed E-state index contributed by atoms with van der Waals surface area (Å²) >= 11 is 0. The van der Waals surface area contributed by atoms with Crippen LogP contribution in [0.25, 0.3) is 0 Å². The van der Waals surface area contributed by atoms with Crippen molar-refractivity contribution in [2.45, 2.75) is 18.2 Å². The third-order valence-corrected chi connectivity index (χ3v) is 4.91. The Morgan fingerprint density at radius 1 is 1.08 bits per heavy atom. The molecule has 7 heteroatoms. The molecule has 0 bridgehead atoms. The molecule has 0 unspecified atom stereocenters. The normalized spacial score (nSPS) is 11.1. The number of nitrogens with one attached hydrogen (secondary N) is 2. The molecule has 0 aliphatic rings. The average molecular weight is 348 g/mol. The van der Waals surface area contributed by atoms with Gasteiger partial charge in [0, 0.05) is 18.7 Å². The molecule has 0 heterocycles. The predicted molar refractivity (Wildman–Crippen MR) is 92.6 cm³/mol. The second kappa shape index (κ2) is 7.94. The average Bonchev–Trinajstić information content (AvgIpc) is 2.57. The van der Waals surface area contributed by atoms with E-state index in [0.29, 0.717) is 5.75 Å². The summed E-state index contributed by atoms with van der Waals surface area (Å²) in [5.41, 5.74) is 1.67. The lowest BCUT2D eigenvalue weighted by molar-refractivity contribution is -0.116. The smallest absolute Gasteiger partial charge is 0.240 e. The van der Waals surface area contributed by atoms with Crippen molar-refractivity contribution in [3.05, 3.63) is 54.1 Å². The van der Waals surface area contributed by atoms with Crippen molar-refractivity contribution in [1.82, 2.24) is 4.72 Å². The maximum Gasteiger partial charge on any atom is 0.240 e. The van der Waals surface area contributed by atoms with Gasteiger partial charge in [-0.3, -0.25) is 4.79 Å². The van der Waals surface area contributed by atoms with E-state index in [1.54, 1.807) is 18.2 Å². The quantitative estimate of drug-likeness (QED) is 0.804. The molecular weight excluding hydrogens is 328 g/mol. The summed E-state index contributed by atoms with van der Waals surface area (Å²) in [5, 5.41) is 2.76. The van der Waals surface area contributed by atoms with E-state index < -0.39 is 10.0 Å². The van der Waals surface area contributed by atoms with Crippen molar-refractivity contribution in [2.75, 3.05) is 19.0 Å². The topological polar surface area (TPSA) is 84.5 Å². The van der Waals surface area contributed by atoms with E-state index in [0.717, 1.165) is 11.3 Å². The van der Waals surface area contributed by atoms with Crippen molar-refractivity contribution >= 4 is 21.6 Å². The molecule has 0 saturated heterocycles. The minimum atomic E-state index is -3.65. The number of aryl methyl sites for hydroxylation is 1. The molecule has 24 heavy (non-hydrogen) atoms. The molecule has 0 saturated carbocycles. The number of para-hydroxylation sites is 1. The summed E-state index contributed by atoms with van der Waals surface area (Å²) in [4.78, 5) is 12.0. The van der Waals surface area contributed by atoms with Gasteiger partial charge in [0.1, 0.15) is 5.75 Å². The molecule has 0 fully saturated rings. The molecule has 0 atom stereocenters. The fourth-order valence-electron chi connectivity index (χ4n) is 2.06. The summed E-state index contributed by atoms with van der Waals surface area (Å²) in [6.07, 6.45) is 0.0454. The van der Waals surface area contributed by atoms with Crippen LogP contribution in [0.3, 0.4) is 0 Å². The van der Waals surface area contributed by atoms with Crippen LogP contribution in [0.1, 0.15) is 12.0 Å². The summed E-state index contributed by atoms with van der Waals surface area (Å²) < 4.78 is 31.7. The van der Waals surface area contributed by atoms with Crippen LogP contribution in [0.15, 0.2) is 53.4 Å². The van der Waals surface area contributed by atoms with E-state index in [1.165, 1.54) is 19.2 Å². The maximum absolute atomic E-state index is 12.1. The number of methoxy groups -OCH3 is 1. The molecule has 0 aliphatic carbocycles. The van der Waals surface area contributed by atoms with Crippen LogP contribution >= 0.6 is 0 Å². The zero-order chi connectivity index (χ0) is 17.6. The molecule has 0 radical (unpaired) electrons. The second-order valence-corrected chi connectivity index (χ2v) is 6.95. The number of amides is 1. The second-order valence-electron chi connectivity index (χ2n) is 5.19. The monoisotopic (exact) mass is 348 g/mol. The van der Waals surface area contributed by atoms with E-state index in [1.807, 2.05) is 25.1 Å². The van der Waals surface area contributed by atoms with Gasteiger partial charge >= 0.3 is 0 Å². The number of rotatable bonds is 7. The fraction of sp³-hybridized carbons (Fsp3) is 0.235. The summed E-state index contributed by atoms with van der Waals surface area (Å²) in [6, 6.07) is 13.4. The highest BCUT2D eigenvalue weighted by Gasteiger charge is 2.14. The lowest BCUT2D eigenvalue weighted by Crippen LogP contribution is -2.27. The van der Waals surface area contributed by atoms with E-state index in [4.69, 9.17) is 4.74 Å². The van der Waals surface area contributed by atoms with Crippen LogP contribution in [0.2, 0.25) is 0 Å². The number of sulfonamides is 1. The van der Waals surface area contributed by atoms with E-state index in [9.17, 15) is 13.2 Å². The predicted octanol–water partition coefficient (Wildman–Crippen LogP) is 2.31. The third kappa shape index (κ3) is 4.81. The van der Waals surface area contributed by atoms with Crippen LogP contribution in [0.4, 0.5) is 5.69 Å². The van der Waals surface area contributed by atoms with E-state index in [2.05, 4.69) is 10.0 Å². The Bertz CT molecular complexity index is 802. The number of benzene rings is 2. The highest BCUT2D eigenvalue weighted by atomic mass is 32.2. The number of hydrogen-bond acceptors (Lipinski definition) is 4. The van der Waals surface area contributed by atoms with Crippen LogP contribution < -0.4 is 14.8 Å². The lowest BCUT2D eigenvalue weighted by Gasteiger charge is -2.09. The van der Waals surface area contributed by atoms with Crippen molar-refractivity contribution in [2.24, 2.45) is 0 Å². The molecule has 2 aromatic rings. The molecule has 0 spiro atoms. The minimum Gasteiger partial charge on any atom is -0.497 e. The van der Waals surface area contributed by atoms with Crippen LogP contribution in [-0.2, 0) is 14.8 Å². The number of ether oxygens (including phenoxy) is 1. The largest absolute Gasteiger partial charge is 0.497 e. The van der Waals surface area contributed by atoms with Crippen LogP contribution in [-0.4, -0.2) is 28.0 Å². The van der Waals surface area contributed by atoms with Gasteiger partial charge in [-0.1, -0.05) is 18.2 Å². The van der Waals surface area contributed by atoms with Crippen LogP contribution in [0, 0.1) is 6.92 Å². The Hall–Kier alpha value is -2.38. The van der Waals surface area contributed by atoms with Gasteiger partial charge in [0.25, 0.3) is 0 Å². The fourth-order valence-corrected chi connectivity index (χ4v) is 3.09. The van der Waals surface area contributed by atoms with E-state index >= 15 is 0 Å². The summed E-state index contributed by atoms with van der Waals surface area (Å²) in [7, 11) is -2.14. The molecule has 2 rings (SSSR count). The van der Waals surface area contributed by atoms with Crippen molar-refractivity contribution in [1.29, 1.82) is 0 Å². The van der Waals surface area contributed by atoms with Crippen molar-refractivity contribution < 1.29 is 17.9 Å². The van der Waals surface area contributed by atoms with Gasteiger partial charge < -0.3 is 10.1 Å². The third-order valence-electron chi connectivity index (χ3n) is 3.43. The first-order chi connectivity index (χ1) is 11.4. The number of hydrogen-bond donors (Lipinski definition) is 2. The van der Waals surface area contributed by atoms with Gasteiger partial charge in [-0.15, -0.1) is 0 Å². The minimum absolute atomic E-state index is 0.0199. The van der Waals surface area contributed by atoms with Crippen molar-refractivity contribution in [3.63, 3.8) is 0 Å². The van der Waals surface area contributed by atoms with Crippen molar-refractivity contribution in [3.8, 4) is 5.75 Å². The Balaban J connectivity index is 1.88. The van der Waals surface area contributed by atoms with Gasteiger partial charge in [0.15, 0.2) is 0 Å². The number of carbonyl (C=O) groups is 1. The Labute approximate surface area is 141 Å². The zero-order valence-corrected chi connectivity index (χ0v) is 14.4. The zero-order valence-electron chi connectivity index (χ0n) is 13.6. The van der Waals surface area contributed by atoms with Gasteiger partial charge in [-0.05, 0) is 42.8 Å². The van der Waals surface area contributed by atoms with Gasteiger partial charge in [0.2, 0.25) is 15.9 Å². The molecular formula is C17H20N2O4S. The molecule has 6 nitrogen and oxygen atoms in total. The Morgan fingerprint density at radius 3 is 2.38 bits per heavy atom. The molecule has 1 amide bonds. The lowest BCUT2D eigenvalue weighted by atomic mass is 10.2. The highest BCUT2D eigenvalue weighted by molar-refractivity contribution is 7.89. The first kappa shape index (κ1) is 18.0. The SMILES string of the molecule is COc1ccc(S(=O)(=O)NCCC(=O)Nc2ccccc2C)cc1. The highest BCUT2D eigenvalue weighted by Crippen LogP contribution is 2.15. The van der Waals surface area contributed by atoms with Gasteiger partial charge in [-0.2, -0.15) is 0 Å². The molecule has 0 aliphatic heterocycles. The first-order valence-corrected chi connectivity index (χ1v) is 8.90. The molecule has 0 aromatic heterocycles. The number of anilines is 1. The van der Waals surface area contributed by atoms with Crippen LogP contribution in [0.5, 0.6) is 5.75 Å². The maximum atomic E-state index is 12.1. The van der Waals surface area contributed by atoms with Gasteiger partial charge in [0.05, 0.1) is 12.0 Å². The molecule has 2 N–H and O–H groups in total. The van der Waals surface area contributed by atoms with E-state index in [-0.39, 0.29) is 23.8 Å². The Kier molecular flexibility index (Phi) is 5.94. The summed E-state index contributed by atoms with van der Waals surface area (Å²) in [6.45, 7) is 1.91. The molecule has 128 valence electrons. The Morgan fingerprint density at radius 2 is 1.75 bits per heavy atom. The first-order valence-electron chi connectivity index (χ1n) is 7.41. The van der Waals surface area contributed by atoms with Gasteiger partial charge in [-0.25, -0.2) is 13.1 Å². The number of carbonyl (C=O) groups excluding carboxylic acids is 1.